The quantitative estimate of drug-likeness (QED) is 0.860. The van der Waals surface area contributed by atoms with Crippen molar-refractivity contribution in [1.82, 2.24) is 19.7 Å². The molecule has 0 amide bonds. The minimum Gasteiger partial charge on any atom is -0.384 e. The van der Waals surface area contributed by atoms with Crippen molar-refractivity contribution < 1.29 is 4.74 Å². The molecule has 0 saturated carbocycles. The van der Waals surface area contributed by atoms with Gasteiger partial charge in [0.25, 0.3) is 0 Å². The van der Waals surface area contributed by atoms with E-state index in [4.69, 9.17) is 10.5 Å². The third kappa shape index (κ3) is 2.42. The van der Waals surface area contributed by atoms with Gasteiger partial charge >= 0.3 is 0 Å². The molecule has 2 N–H and O–H groups in total. The highest BCUT2D eigenvalue weighted by Gasteiger charge is 2.11. The number of rotatable bonds is 3. The van der Waals surface area contributed by atoms with E-state index in [9.17, 15) is 0 Å². The molecule has 0 spiro atoms. The topological polar surface area (TPSA) is 78.9 Å². The van der Waals surface area contributed by atoms with Gasteiger partial charge in [0.05, 0.1) is 11.9 Å². The molecule has 0 aromatic carbocycles. The maximum absolute atomic E-state index is 5.76. The maximum atomic E-state index is 5.76. The number of anilines is 1. The van der Waals surface area contributed by atoms with Crippen molar-refractivity contribution in [1.29, 1.82) is 0 Å². The Morgan fingerprint density at radius 1 is 1.41 bits per heavy atom. The minimum atomic E-state index is -0.186. The standard InChI is InChI=1S/C11H15N5O/c1-7(17-3)11-14-9(4-10(12)15-11)8-5-13-16(2)6-8/h4-7H,1-3H3,(H2,12,14,15). The molecule has 0 radical (unpaired) electrons. The molecule has 6 nitrogen and oxygen atoms in total. The monoisotopic (exact) mass is 233 g/mol. The van der Waals surface area contributed by atoms with Crippen LogP contribution in [0.25, 0.3) is 11.3 Å². The van der Waals surface area contributed by atoms with E-state index in [0.29, 0.717) is 11.6 Å². The van der Waals surface area contributed by atoms with E-state index in [-0.39, 0.29) is 6.10 Å². The number of aryl methyl sites for hydroxylation is 1. The molecule has 0 saturated heterocycles. The summed E-state index contributed by atoms with van der Waals surface area (Å²) in [4.78, 5) is 8.57. The number of aromatic nitrogens is 4. The Morgan fingerprint density at radius 2 is 2.18 bits per heavy atom. The van der Waals surface area contributed by atoms with Gasteiger partial charge in [-0.15, -0.1) is 0 Å². The Hall–Kier alpha value is -1.95. The van der Waals surface area contributed by atoms with Crippen molar-refractivity contribution in [3.05, 3.63) is 24.3 Å². The van der Waals surface area contributed by atoms with Gasteiger partial charge in [-0.3, -0.25) is 4.68 Å². The summed E-state index contributed by atoms with van der Waals surface area (Å²) in [7, 11) is 3.47. The van der Waals surface area contributed by atoms with Gasteiger partial charge < -0.3 is 10.5 Å². The normalized spacial score (nSPS) is 12.6. The van der Waals surface area contributed by atoms with E-state index in [1.807, 2.05) is 20.2 Å². The number of nitrogen functional groups attached to an aromatic ring is 1. The Labute approximate surface area is 99.4 Å². The third-order valence-electron chi connectivity index (χ3n) is 2.48. The first kappa shape index (κ1) is 11.5. The first-order valence-corrected chi connectivity index (χ1v) is 5.26. The lowest BCUT2D eigenvalue weighted by molar-refractivity contribution is 0.112. The van der Waals surface area contributed by atoms with Gasteiger partial charge in [-0.05, 0) is 6.92 Å². The SMILES string of the molecule is COC(C)c1nc(N)cc(-c2cnn(C)c2)n1. The maximum Gasteiger partial charge on any atom is 0.159 e. The van der Waals surface area contributed by atoms with Crippen molar-refractivity contribution in [2.24, 2.45) is 7.05 Å². The van der Waals surface area contributed by atoms with Gasteiger partial charge in [-0.2, -0.15) is 5.10 Å². The Balaban J connectivity index is 2.44. The molecule has 2 heterocycles. The van der Waals surface area contributed by atoms with Gasteiger partial charge in [0.1, 0.15) is 11.9 Å². The van der Waals surface area contributed by atoms with Crippen molar-refractivity contribution in [3.8, 4) is 11.3 Å². The number of nitrogens with zero attached hydrogens (tertiary/aromatic N) is 4. The molecule has 6 heteroatoms. The summed E-state index contributed by atoms with van der Waals surface area (Å²) < 4.78 is 6.90. The average molecular weight is 233 g/mol. The van der Waals surface area contributed by atoms with Crippen LogP contribution in [0.3, 0.4) is 0 Å². The van der Waals surface area contributed by atoms with Gasteiger partial charge in [-0.25, -0.2) is 9.97 Å². The fraction of sp³-hybridized carbons (Fsp3) is 0.364. The van der Waals surface area contributed by atoms with Crippen molar-refractivity contribution in [3.63, 3.8) is 0 Å². The molecule has 90 valence electrons. The van der Waals surface area contributed by atoms with Crippen LogP contribution in [-0.2, 0) is 11.8 Å². The summed E-state index contributed by atoms with van der Waals surface area (Å²) in [6, 6.07) is 1.73. The average Bonchev–Trinajstić information content (AvgIpc) is 2.74. The van der Waals surface area contributed by atoms with E-state index in [2.05, 4.69) is 15.1 Å². The predicted octanol–water partition coefficient (Wildman–Crippen LogP) is 1.17. The van der Waals surface area contributed by atoms with Crippen molar-refractivity contribution in [2.45, 2.75) is 13.0 Å². The number of hydrogen-bond acceptors (Lipinski definition) is 5. The van der Waals surface area contributed by atoms with Gasteiger partial charge in [-0.1, -0.05) is 0 Å². The number of ether oxygens (including phenoxy) is 1. The van der Waals surface area contributed by atoms with E-state index >= 15 is 0 Å². The number of methoxy groups -OCH3 is 1. The van der Waals surface area contributed by atoms with Crippen LogP contribution in [0.1, 0.15) is 18.9 Å². The fourth-order valence-electron chi connectivity index (χ4n) is 1.47. The van der Waals surface area contributed by atoms with Crippen LogP contribution in [0.4, 0.5) is 5.82 Å². The molecule has 0 aliphatic carbocycles. The van der Waals surface area contributed by atoms with E-state index in [1.165, 1.54) is 0 Å². The van der Waals surface area contributed by atoms with E-state index < -0.39 is 0 Å². The zero-order chi connectivity index (χ0) is 12.4. The largest absolute Gasteiger partial charge is 0.384 e. The molecule has 0 aliphatic heterocycles. The summed E-state index contributed by atoms with van der Waals surface area (Å²) in [6.45, 7) is 1.88. The molecule has 0 aliphatic rings. The molecule has 2 aromatic rings. The second-order valence-corrected chi connectivity index (χ2v) is 3.82. The second-order valence-electron chi connectivity index (χ2n) is 3.82. The summed E-state index contributed by atoms with van der Waals surface area (Å²) in [5.41, 5.74) is 7.42. The van der Waals surface area contributed by atoms with Gasteiger partial charge in [0.15, 0.2) is 5.82 Å². The smallest absolute Gasteiger partial charge is 0.159 e. The summed E-state index contributed by atoms with van der Waals surface area (Å²) in [5, 5.41) is 4.10. The molecule has 0 fully saturated rings. The van der Waals surface area contributed by atoms with Crippen LogP contribution in [0, 0.1) is 0 Å². The van der Waals surface area contributed by atoms with Crippen LogP contribution < -0.4 is 5.73 Å². The van der Waals surface area contributed by atoms with Crippen molar-refractivity contribution in [2.75, 3.05) is 12.8 Å². The molecular weight excluding hydrogens is 218 g/mol. The number of hydrogen-bond donors (Lipinski definition) is 1. The van der Waals surface area contributed by atoms with E-state index in [0.717, 1.165) is 11.3 Å². The van der Waals surface area contributed by atoms with Crippen LogP contribution >= 0.6 is 0 Å². The molecule has 17 heavy (non-hydrogen) atoms. The van der Waals surface area contributed by atoms with Gasteiger partial charge in [0, 0.05) is 32.0 Å². The Kier molecular flexibility index (Phi) is 3.06. The zero-order valence-electron chi connectivity index (χ0n) is 10.1. The fourth-order valence-corrected chi connectivity index (χ4v) is 1.47. The minimum absolute atomic E-state index is 0.186. The highest BCUT2D eigenvalue weighted by Crippen LogP contribution is 2.21. The second kappa shape index (κ2) is 4.50. The third-order valence-corrected chi connectivity index (χ3v) is 2.48. The molecule has 0 bridgehead atoms. The van der Waals surface area contributed by atoms with Crippen LogP contribution in [0.5, 0.6) is 0 Å². The zero-order valence-corrected chi connectivity index (χ0v) is 10.1. The first-order valence-electron chi connectivity index (χ1n) is 5.26. The summed E-state index contributed by atoms with van der Waals surface area (Å²) in [6.07, 6.45) is 3.43. The lowest BCUT2D eigenvalue weighted by Crippen LogP contribution is -2.06. The van der Waals surface area contributed by atoms with Crippen LogP contribution in [0.2, 0.25) is 0 Å². The lowest BCUT2D eigenvalue weighted by Gasteiger charge is -2.09. The van der Waals surface area contributed by atoms with E-state index in [1.54, 1.807) is 24.1 Å². The van der Waals surface area contributed by atoms with Crippen molar-refractivity contribution >= 4 is 5.82 Å². The molecule has 2 rings (SSSR count). The highest BCUT2D eigenvalue weighted by atomic mass is 16.5. The summed E-state index contributed by atoms with van der Waals surface area (Å²) >= 11 is 0. The Bertz CT molecular complexity index is 522. The predicted molar refractivity (Wildman–Crippen MR) is 64.1 cm³/mol. The van der Waals surface area contributed by atoms with Gasteiger partial charge in [0.2, 0.25) is 0 Å². The first-order chi connectivity index (χ1) is 8.10. The van der Waals surface area contributed by atoms with Crippen LogP contribution in [-0.4, -0.2) is 26.9 Å². The summed E-state index contributed by atoms with van der Waals surface area (Å²) in [5.74, 6) is 1.00. The highest BCUT2D eigenvalue weighted by molar-refractivity contribution is 5.60. The molecule has 1 unspecified atom stereocenters. The molecule has 1 atom stereocenters. The Morgan fingerprint density at radius 3 is 2.76 bits per heavy atom. The number of nitrogens with two attached hydrogens (primary N) is 1. The lowest BCUT2D eigenvalue weighted by atomic mass is 10.2. The molecule has 2 aromatic heterocycles. The molecular formula is C11H15N5O. The van der Waals surface area contributed by atoms with Crippen LogP contribution in [0.15, 0.2) is 18.5 Å².